The molecule has 4 heteroatoms. The summed E-state index contributed by atoms with van der Waals surface area (Å²) in [5.74, 6) is 0.981. The van der Waals surface area contributed by atoms with Gasteiger partial charge in [0.15, 0.2) is 0 Å². The number of aliphatic hydroxyl groups excluding tert-OH is 1. The van der Waals surface area contributed by atoms with Crippen LogP contribution >= 0.6 is 0 Å². The van der Waals surface area contributed by atoms with Crippen molar-refractivity contribution in [2.24, 2.45) is 17.6 Å². The number of piperidine rings is 1. The van der Waals surface area contributed by atoms with Gasteiger partial charge in [-0.3, -0.25) is 4.79 Å². The van der Waals surface area contributed by atoms with Crippen molar-refractivity contribution in [3.63, 3.8) is 0 Å². The number of amides is 1. The van der Waals surface area contributed by atoms with E-state index in [9.17, 15) is 9.90 Å². The molecule has 2 rings (SSSR count). The van der Waals surface area contributed by atoms with E-state index in [2.05, 4.69) is 0 Å². The zero-order valence-electron chi connectivity index (χ0n) is 11.3. The van der Waals surface area contributed by atoms with Gasteiger partial charge in [-0.05, 0) is 37.5 Å². The highest BCUT2D eigenvalue weighted by Gasteiger charge is 2.29. The highest BCUT2D eigenvalue weighted by molar-refractivity contribution is 5.76. The van der Waals surface area contributed by atoms with Gasteiger partial charge in [0, 0.05) is 25.6 Å². The number of hydrogen-bond donors (Lipinski definition) is 2. The molecule has 0 aromatic rings. The van der Waals surface area contributed by atoms with Crippen molar-refractivity contribution < 1.29 is 9.90 Å². The van der Waals surface area contributed by atoms with Crippen molar-refractivity contribution >= 4 is 5.91 Å². The van der Waals surface area contributed by atoms with E-state index >= 15 is 0 Å². The van der Waals surface area contributed by atoms with E-state index in [0.717, 1.165) is 38.6 Å². The Morgan fingerprint density at radius 3 is 2.83 bits per heavy atom. The van der Waals surface area contributed by atoms with E-state index in [-0.39, 0.29) is 18.1 Å². The fraction of sp³-hybridized carbons (Fsp3) is 0.929. The number of rotatable bonds is 2. The second kappa shape index (κ2) is 6.02. The van der Waals surface area contributed by atoms with Gasteiger partial charge in [0.05, 0.1) is 6.10 Å². The number of aliphatic hydroxyl groups is 1. The van der Waals surface area contributed by atoms with E-state index in [1.165, 1.54) is 0 Å². The Labute approximate surface area is 110 Å². The van der Waals surface area contributed by atoms with Gasteiger partial charge in [0.1, 0.15) is 0 Å². The summed E-state index contributed by atoms with van der Waals surface area (Å²) < 4.78 is 0. The lowest BCUT2D eigenvalue weighted by molar-refractivity contribution is -0.136. The average molecular weight is 254 g/mol. The molecule has 2 aliphatic rings. The average Bonchev–Trinajstić information content (AvgIpc) is 2.32. The zero-order chi connectivity index (χ0) is 13.1. The van der Waals surface area contributed by atoms with Crippen molar-refractivity contribution in [3.05, 3.63) is 0 Å². The molecule has 4 unspecified atom stereocenters. The van der Waals surface area contributed by atoms with Crippen LogP contribution in [0.2, 0.25) is 0 Å². The second-order valence-corrected chi connectivity index (χ2v) is 6.17. The van der Waals surface area contributed by atoms with Gasteiger partial charge in [0.25, 0.3) is 0 Å². The molecule has 18 heavy (non-hydrogen) atoms. The normalized spacial score (nSPS) is 37.6. The molecule has 1 heterocycles. The molecule has 104 valence electrons. The Bertz CT molecular complexity index is 296. The minimum Gasteiger partial charge on any atom is -0.391 e. The monoisotopic (exact) mass is 254 g/mol. The zero-order valence-corrected chi connectivity index (χ0v) is 11.3. The quantitative estimate of drug-likeness (QED) is 0.776. The first kappa shape index (κ1) is 13.8. The van der Waals surface area contributed by atoms with Gasteiger partial charge in [-0.25, -0.2) is 0 Å². The molecule has 0 spiro atoms. The van der Waals surface area contributed by atoms with Gasteiger partial charge >= 0.3 is 0 Å². The van der Waals surface area contributed by atoms with E-state index in [1.54, 1.807) is 0 Å². The van der Waals surface area contributed by atoms with Gasteiger partial charge in [-0.15, -0.1) is 0 Å². The molecule has 1 saturated heterocycles. The Kier molecular flexibility index (Phi) is 4.62. The summed E-state index contributed by atoms with van der Waals surface area (Å²) in [5.41, 5.74) is 5.95. The summed E-state index contributed by atoms with van der Waals surface area (Å²) in [6.07, 6.45) is 5.55. The first-order valence-corrected chi connectivity index (χ1v) is 7.27. The third kappa shape index (κ3) is 3.45. The van der Waals surface area contributed by atoms with Crippen LogP contribution in [-0.4, -0.2) is 41.1 Å². The summed E-state index contributed by atoms with van der Waals surface area (Å²) in [6.45, 7) is 3.36. The Morgan fingerprint density at radius 1 is 1.39 bits per heavy atom. The van der Waals surface area contributed by atoms with E-state index in [1.807, 2.05) is 11.8 Å². The Morgan fingerprint density at radius 2 is 2.17 bits per heavy atom. The summed E-state index contributed by atoms with van der Waals surface area (Å²) in [7, 11) is 0. The number of likely N-dealkylation sites (tertiary alicyclic amines) is 1. The molecule has 4 atom stereocenters. The maximum Gasteiger partial charge on any atom is 0.222 e. The number of hydrogen-bond acceptors (Lipinski definition) is 3. The second-order valence-electron chi connectivity index (χ2n) is 6.17. The lowest BCUT2D eigenvalue weighted by atomic mass is 9.83. The van der Waals surface area contributed by atoms with Gasteiger partial charge < -0.3 is 15.7 Å². The summed E-state index contributed by atoms with van der Waals surface area (Å²) in [5, 5.41) is 9.83. The Hall–Kier alpha value is -0.610. The van der Waals surface area contributed by atoms with E-state index < -0.39 is 0 Å². The number of carbonyl (C=O) groups is 1. The van der Waals surface area contributed by atoms with Crippen molar-refractivity contribution in [2.75, 3.05) is 13.1 Å². The van der Waals surface area contributed by atoms with Crippen molar-refractivity contribution in [3.8, 4) is 0 Å². The van der Waals surface area contributed by atoms with Crippen LogP contribution in [-0.2, 0) is 4.79 Å². The topological polar surface area (TPSA) is 66.6 Å². The number of nitrogens with zero attached hydrogens (tertiary/aromatic N) is 1. The van der Waals surface area contributed by atoms with Crippen LogP contribution in [0.1, 0.15) is 45.4 Å². The molecule has 1 aliphatic carbocycles. The standard InChI is InChI=1S/C14H26N2O2/c1-10-5-6-16(9-13(10)17)14(18)8-11-3-2-4-12(15)7-11/h10-13,17H,2-9,15H2,1H3. The predicted octanol–water partition coefficient (Wildman–Crippen LogP) is 1.12. The molecule has 0 aromatic carbocycles. The van der Waals surface area contributed by atoms with Crippen LogP contribution in [0.3, 0.4) is 0 Å². The van der Waals surface area contributed by atoms with Gasteiger partial charge in [-0.1, -0.05) is 13.3 Å². The fourth-order valence-electron chi connectivity index (χ4n) is 3.17. The SMILES string of the molecule is CC1CCN(C(=O)CC2CCCC(N)C2)CC1O. The first-order chi connectivity index (χ1) is 8.56. The third-order valence-electron chi connectivity index (χ3n) is 4.56. The third-order valence-corrected chi connectivity index (χ3v) is 4.56. The molecule has 0 aromatic heterocycles. The number of carbonyl (C=O) groups excluding carboxylic acids is 1. The minimum atomic E-state index is -0.351. The van der Waals surface area contributed by atoms with Crippen LogP contribution in [0.25, 0.3) is 0 Å². The van der Waals surface area contributed by atoms with Gasteiger partial charge in [-0.2, -0.15) is 0 Å². The van der Waals surface area contributed by atoms with Crippen LogP contribution < -0.4 is 5.73 Å². The minimum absolute atomic E-state index is 0.208. The first-order valence-electron chi connectivity index (χ1n) is 7.27. The molecule has 1 amide bonds. The van der Waals surface area contributed by atoms with Crippen LogP contribution in [0.15, 0.2) is 0 Å². The molecule has 1 saturated carbocycles. The van der Waals surface area contributed by atoms with Crippen molar-refractivity contribution in [1.82, 2.24) is 4.90 Å². The van der Waals surface area contributed by atoms with Crippen LogP contribution in [0.5, 0.6) is 0 Å². The molecule has 2 fully saturated rings. The highest BCUT2D eigenvalue weighted by Crippen LogP contribution is 2.27. The lowest BCUT2D eigenvalue weighted by Gasteiger charge is -2.35. The summed E-state index contributed by atoms with van der Waals surface area (Å²) in [6, 6.07) is 0.281. The molecule has 4 nitrogen and oxygen atoms in total. The van der Waals surface area contributed by atoms with Crippen molar-refractivity contribution in [1.29, 1.82) is 0 Å². The number of nitrogens with two attached hydrogens (primary N) is 1. The maximum atomic E-state index is 12.2. The highest BCUT2D eigenvalue weighted by atomic mass is 16.3. The molecule has 1 aliphatic heterocycles. The maximum absolute atomic E-state index is 12.2. The smallest absolute Gasteiger partial charge is 0.222 e. The summed E-state index contributed by atoms with van der Waals surface area (Å²) >= 11 is 0. The van der Waals surface area contributed by atoms with Crippen LogP contribution in [0.4, 0.5) is 0 Å². The molecule has 0 radical (unpaired) electrons. The van der Waals surface area contributed by atoms with E-state index in [0.29, 0.717) is 24.8 Å². The predicted molar refractivity (Wildman–Crippen MR) is 70.9 cm³/mol. The summed E-state index contributed by atoms with van der Waals surface area (Å²) in [4.78, 5) is 14.0. The van der Waals surface area contributed by atoms with E-state index in [4.69, 9.17) is 5.73 Å². The molecule has 0 bridgehead atoms. The largest absolute Gasteiger partial charge is 0.391 e. The molecular weight excluding hydrogens is 228 g/mol. The van der Waals surface area contributed by atoms with Crippen LogP contribution in [0, 0.1) is 11.8 Å². The fourth-order valence-corrected chi connectivity index (χ4v) is 3.17. The lowest BCUT2D eigenvalue weighted by Crippen LogP contribution is -2.46. The Balaban J connectivity index is 1.80. The molecular formula is C14H26N2O2. The van der Waals surface area contributed by atoms with Crippen molar-refractivity contribution in [2.45, 2.75) is 57.6 Å². The number of β-amino-alcohol motifs (C(OH)–C–C–N with tert-alkyl or cyclic N) is 1. The molecule has 3 N–H and O–H groups in total. The van der Waals surface area contributed by atoms with Gasteiger partial charge in [0.2, 0.25) is 5.91 Å².